The van der Waals surface area contributed by atoms with Crippen LogP contribution >= 0.6 is 11.3 Å². The molecule has 0 atom stereocenters. The fraction of sp³-hybridized carbons (Fsp3) is 0.231. The molecule has 0 unspecified atom stereocenters. The second kappa shape index (κ2) is 5.10. The van der Waals surface area contributed by atoms with Crippen LogP contribution in [0.2, 0.25) is 0 Å². The van der Waals surface area contributed by atoms with Crippen molar-refractivity contribution in [3.05, 3.63) is 34.7 Å². The Morgan fingerprint density at radius 1 is 1.47 bits per heavy atom. The van der Waals surface area contributed by atoms with E-state index in [1.54, 1.807) is 14.0 Å². The third kappa shape index (κ3) is 2.91. The predicted molar refractivity (Wildman–Crippen MR) is 68.5 cm³/mol. The van der Waals surface area contributed by atoms with Crippen LogP contribution in [-0.4, -0.2) is 17.9 Å². The first-order valence-corrected chi connectivity index (χ1v) is 6.15. The highest BCUT2D eigenvalue weighted by Crippen LogP contribution is 2.25. The van der Waals surface area contributed by atoms with Crippen molar-refractivity contribution in [1.29, 1.82) is 0 Å². The van der Waals surface area contributed by atoms with Gasteiger partial charge in [-0.25, -0.2) is 4.98 Å². The number of Topliss-reactive ketones (excluding diaryl/α,β-unsaturated/α-hetero) is 1. The first-order chi connectivity index (χ1) is 8.19. The van der Waals surface area contributed by atoms with E-state index in [0.29, 0.717) is 6.42 Å². The van der Waals surface area contributed by atoms with Crippen molar-refractivity contribution in [2.75, 3.05) is 7.11 Å². The first-order valence-electron chi connectivity index (χ1n) is 5.27. The Balaban J connectivity index is 2.26. The van der Waals surface area contributed by atoms with Crippen LogP contribution in [-0.2, 0) is 11.2 Å². The maximum atomic E-state index is 11.0. The first kappa shape index (κ1) is 11.8. The van der Waals surface area contributed by atoms with Gasteiger partial charge in [0.05, 0.1) is 19.2 Å². The molecule has 0 amide bonds. The number of benzene rings is 1. The Hall–Kier alpha value is -1.68. The highest BCUT2D eigenvalue weighted by molar-refractivity contribution is 7.10. The molecule has 0 aliphatic rings. The molecule has 1 heterocycles. The molecule has 0 saturated heterocycles. The van der Waals surface area contributed by atoms with Crippen molar-refractivity contribution in [1.82, 2.24) is 4.98 Å². The van der Waals surface area contributed by atoms with E-state index in [2.05, 4.69) is 4.98 Å². The van der Waals surface area contributed by atoms with Crippen LogP contribution in [0.25, 0.3) is 11.3 Å². The minimum absolute atomic E-state index is 0.136. The molecule has 2 rings (SSSR count). The second-order valence-electron chi connectivity index (χ2n) is 3.74. The molecular weight excluding hydrogens is 234 g/mol. The number of carbonyl (C=O) groups is 1. The molecule has 0 saturated carbocycles. The summed E-state index contributed by atoms with van der Waals surface area (Å²) in [6.07, 6.45) is 0.411. The number of rotatable bonds is 4. The Morgan fingerprint density at radius 2 is 2.29 bits per heavy atom. The van der Waals surface area contributed by atoms with Crippen molar-refractivity contribution in [3.63, 3.8) is 0 Å². The Labute approximate surface area is 104 Å². The second-order valence-corrected chi connectivity index (χ2v) is 4.68. The van der Waals surface area contributed by atoms with Gasteiger partial charge in [0.25, 0.3) is 0 Å². The number of thiazole rings is 1. The number of aromatic nitrogens is 1. The molecule has 1 aromatic heterocycles. The Kier molecular flexibility index (Phi) is 3.54. The zero-order chi connectivity index (χ0) is 12.3. The summed E-state index contributed by atoms with van der Waals surface area (Å²) >= 11 is 1.51. The maximum Gasteiger partial charge on any atom is 0.136 e. The molecule has 1 aromatic carbocycles. The van der Waals surface area contributed by atoms with Crippen LogP contribution in [0, 0.1) is 0 Å². The molecule has 0 fully saturated rings. The molecule has 0 N–H and O–H groups in total. The summed E-state index contributed by atoms with van der Waals surface area (Å²) < 4.78 is 5.17. The van der Waals surface area contributed by atoms with Gasteiger partial charge in [-0.15, -0.1) is 11.3 Å². The average Bonchev–Trinajstić information content (AvgIpc) is 2.77. The van der Waals surface area contributed by atoms with E-state index in [1.807, 2.05) is 29.6 Å². The van der Waals surface area contributed by atoms with E-state index in [-0.39, 0.29) is 5.78 Å². The molecule has 88 valence electrons. The van der Waals surface area contributed by atoms with Crippen molar-refractivity contribution in [2.45, 2.75) is 13.3 Å². The number of methoxy groups -OCH3 is 1. The SMILES string of the molecule is COc1cccc(-c2csc(CC(C)=O)n2)c1. The molecule has 4 heteroatoms. The van der Waals surface area contributed by atoms with Crippen LogP contribution in [0.4, 0.5) is 0 Å². The fourth-order valence-corrected chi connectivity index (χ4v) is 2.39. The monoisotopic (exact) mass is 247 g/mol. The van der Waals surface area contributed by atoms with E-state index in [4.69, 9.17) is 4.74 Å². The van der Waals surface area contributed by atoms with Crippen molar-refractivity contribution < 1.29 is 9.53 Å². The van der Waals surface area contributed by atoms with Gasteiger partial charge < -0.3 is 4.74 Å². The lowest BCUT2D eigenvalue weighted by atomic mass is 10.1. The molecule has 2 aromatic rings. The largest absolute Gasteiger partial charge is 0.497 e. The Bertz CT molecular complexity index is 534. The number of carbonyl (C=O) groups excluding carboxylic acids is 1. The minimum Gasteiger partial charge on any atom is -0.497 e. The third-order valence-corrected chi connectivity index (χ3v) is 3.17. The van der Waals surface area contributed by atoms with Gasteiger partial charge in [-0.3, -0.25) is 4.79 Å². The lowest BCUT2D eigenvalue weighted by molar-refractivity contribution is -0.116. The molecule has 0 aliphatic heterocycles. The van der Waals surface area contributed by atoms with E-state index < -0.39 is 0 Å². The maximum absolute atomic E-state index is 11.0. The molecule has 0 bridgehead atoms. The van der Waals surface area contributed by atoms with E-state index in [9.17, 15) is 4.79 Å². The zero-order valence-electron chi connectivity index (χ0n) is 9.77. The van der Waals surface area contributed by atoms with E-state index >= 15 is 0 Å². The van der Waals surface area contributed by atoms with E-state index in [0.717, 1.165) is 22.0 Å². The van der Waals surface area contributed by atoms with Gasteiger partial charge in [0.2, 0.25) is 0 Å². The number of ether oxygens (including phenoxy) is 1. The minimum atomic E-state index is 0.136. The summed E-state index contributed by atoms with van der Waals surface area (Å²) in [7, 11) is 1.64. The van der Waals surface area contributed by atoms with E-state index in [1.165, 1.54) is 11.3 Å². The predicted octanol–water partition coefficient (Wildman–Crippen LogP) is 2.95. The molecular formula is C13H13NO2S. The highest BCUT2D eigenvalue weighted by Gasteiger charge is 2.07. The third-order valence-electron chi connectivity index (χ3n) is 2.32. The van der Waals surface area contributed by atoms with Gasteiger partial charge in [0, 0.05) is 10.9 Å². The average molecular weight is 247 g/mol. The lowest BCUT2D eigenvalue weighted by Gasteiger charge is -2.01. The van der Waals surface area contributed by atoms with Gasteiger partial charge in [-0.05, 0) is 19.1 Å². The van der Waals surface area contributed by atoms with Gasteiger partial charge >= 0.3 is 0 Å². The van der Waals surface area contributed by atoms with Crippen LogP contribution in [0.15, 0.2) is 29.6 Å². The van der Waals surface area contributed by atoms with Crippen molar-refractivity contribution in [2.24, 2.45) is 0 Å². The van der Waals surface area contributed by atoms with Gasteiger partial charge in [-0.1, -0.05) is 12.1 Å². The molecule has 0 radical (unpaired) electrons. The molecule has 17 heavy (non-hydrogen) atoms. The smallest absolute Gasteiger partial charge is 0.136 e. The molecule has 0 spiro atoms. The molecule has 3 nitrogen and oxygen atoms in total. The van der Waals surface area contributed by atoms with Gasteiger partial charge in [0.15, 0.2) is 0 Å². The highest BCUT2D eigenvalue weighted by atomic mass is 32.1. The number of hydrogen-bond donors (Lipinski definition) is 0. The number of hydrogen-bond acceptors (Lipinski definition) is 4. The topological polar surface area (TPSA) is 39.2 Å². The van der Waals surface area contributed by atoms with Crippen LogP contribution in [0.5, 0.6) is 5.75 Å². The quantitative estimate of drug-likeness (QED) is 0.833. The van der Waals surface area contributed by atoms with Crippen LogP contribution < -0.4 is 4.74 Å². The summed E-state index contributed by atoms with van der Waals surface area (Å²) in [6, 6.07) is 7.74. The number of ketones is 1. The summed E-state index contributed by atoms with van der Waals surface area (Å²) in [4.78, 5) is 15.4. The van der Waals surface area contributed by atoms with Gasteiger partial charge in [0.1, 0.15) is 16.5 Å². The zero-order valence-corrected chi connectivity index (χ0v) is 10.6. The standard InChI is InChI=1S/C13H13NO2S/c1-9(15)6-13-14-12(8-17-13)10-4-3-5-11(7-10)16-2/h3-5,7-8H,6H2,1-2H3. The van der Waals surface area contributed by atoms with Crippen molar-refractivity contribution in [3.8, 4) is 17.0 Å². The summed E-state index contributed by atoms with van der Waals surface area (Å²) in [5.41, 5.74) is 1.90. The van der Waals surface area contributed by atoms with Crippen molar-refractivity contribution >= 4 is 17.1 Å². The summed E-state index contributed by atoms with van der Waals surface area (Å²) in [5, 5.41) is 2.82. The summed E-state index contributed by atoms with van der Waals surface area (Å²) in [5.74, 6) is 0.945. The number of nitrogens with zero attached hydrogens (tertiary/aromatic N) is 1. The summed E-state index contributed by atoms with van der Waals surface area (Å²) in [6.45, 7) is 1.58. The lowest BCUT2D eigenvalue weighted by Crippen LogP contribution is -1.95. The van der Waals surface area contributed by atoms with Gasteiger partial charge in [-0.2, -0.15) is 0 Å². The Morgan fingerprint density at radius 3 is 3.00 bits per heavy atom. The normalized spacial score (nSPS) is 10.2. The molecule has 0 aliphatic carbocycles. The van der Waals surface area contributed by atoms with Crippen LogP contribution in [0.1, 0.15) is 11.9 Å². The fourth-order valence-electron chi connectivity index (χ4n) is 1.52. The van der Waals surface area contributed by atoms with Crippen LogP contribution in [0.3, 0.4) is 0 Å².